The van der Waals surface area contributed by atoms with E-state index >= 15 is 0 Å². The molecule has 0 spiro atoms. The number of aryl methyl sites for hydroxylation is 1. The average Bonchev–Trinajstić information content (AvgIpc) is 2.68. The highest BCUT2D eigenvalue weighted by molar-refractivity contribution is 5.98. The number of piperazine rings is 1. The van der Waals surface area contributed by atoms with Crippen LogP contribution in [0.15, 0.2) is 28.7 Å². The molecule has 2 aromatic heterocycles. The van der Waals surface area contributed by atoms with Crippen LogP contribution in [0.25, 0.3) is 11.7 Å². The Morgan fingerprint density at radius 2 is 2.04 bits per heavy atom. The molecule has 0 aliphatic carbocycles. The van der Waals surface area contributed by atoms with Crippen molar-refractivity contribution in [3.8, 4) is 6.07 Å². The molecular weight excluding hydrogens is 346 g/mol. The molecule has 1 fully saturated rings. The van der Waals surface area contributed by atoms with Gasteiger partial charge in [0.15, 0.2) is 0 Å². The van der Waals surface area contributed by atoms with Gasteiger partial charge in [-0.05, 0) is 31.7 Å². The number of anilines is 1. The van der Waals surface area contributed by atoms with Crippen molar-refractivity contribution < 1.29 is 9.53 Å². The summed E-state index contributed by atoms with van der Waals surface area (Å²) >= 11 is 0. The molecule has 140 valence electrons. The van der Waals surface area contributed by atoms with Gasteiger partial charge >= 0.3 is 5.97 Å². The lowest BCUT2D eigenvalue weighted by molar-refractivity contribution is -0.135. The predicted octanol–water partition coefficient (Wildman–Crippen LogP) is 0.835. The maximum absolute atomic E-state index is 13.2. The van der Waals surface area contributed by atoms with Gasteiger partial charge in [0.1, 0.15) is 23.1 Å². The van der Waals surface area contributed by atoms with Crippen LogP contribution in [0.2, 0.25) is 0 Å². The van der Waals surface area contributed by atoms with Crippen molar-refractivity contribution in [3.63, 3.8) is 0 Å². The van der Waals surface area contributed by atoms with Crippen LogP contribution in [0.3, 0.4) is 0 Å². The molecule has 1 aliphatic heterocycles. The van der Waals surface area contributed by atoms with Crippen molar-refractivity contribution in [2.75, 3.05) is 45.2 Å². The summed E-state index contributed by atoms with van der Waals surface area (Å²) < 4.78 is 6.08. The maximum Gasteiger partial charge on any atom is 0.348 e. The topological polar surface area (TPSA) is 90.9 Å². The molecule has 0 aromatic carbocycles. The lowest BCUT2D eigenvalue weighted by atomic mass is 10.1. The van der Waals surface area contributed by atoms with Gasteiger partial charge in [0.25, 0.3) is 5.56 Å². The molecule has 3 heterocycles. The fourth-order valence-corrected chi connectivity index (χ4v) is 3.08. The third kappa shape index (κ3) is 3.55. The Morgan fingerprint density at radius 3 is 2.67 bits per heavy atom. The first-order chi connectivity index (χ1) is 13.0. The molecule has 8 nitrogen and oxygen atoms in total. The second kappa shape index (κ2) is 7.60. The molecular formula is C19H21N5O3. The fourth-order valence-electron chi connectivity index (χ4n) is 3.08. The van der Waals surface area contributed by atoms with E-state index in [-0.39, 0.29) is 16.7 Å². The van der Waals surface area contributed by atoms with E-state index in [1.54, 1.807) is 12.3 Å². The minimum Gasteiger partial charge on any atom is -0.465 e. The predicted molar refractivity (Wildman–Crippen MR) is 102 cm³/mol. The van der Waals surface area contributed by atoms with Crippen LogP contribution >= 0.6 is 0 Å². The SMILES string of the molecule is COC(=O)/C(C#N)=C/c1c(N2CCN(C)CC2)nc2c(C)cccn2c1=O. The number of esters is 1. The lowest BCUT2D eigenvalue weighted by Gasteiger charge is -2.34. The number of pyridine rings is 1. The number of aromatic nitrogens is 2. The number of methoxy groups -OCH3 is 1. The van der Waals surface area contributed by atoms with Crippen LogP contribution in [-0.4, -0.2) is 60.6 Å². The third-order valence-electron chi connectivity index (χ3n) is 4.68. The minimum atomic E-state index is -0.782. The second-order valence-corrected chi connectivity index (χ2v) is 6.49. The molecule has 8 heteroatoms. The first kappa shape index (κ1) is 18.6. The molecule has 0 bridgehead atoms. The minimum absolute atomic E-state index is 0.213. The standard InChI is InChI=1S/C19H21N5O3/c1-13-5-4-6-24-16(13)21-17(23-9-7-22(2)8-10-23)15(18(24)25)11-14(12-20)19(26)27-3/h4-6,11H,7-10H2,1-3H3/b14-11+. The third-order valence-corrected chi connectivity index (χ3v) is 4.68. The number of hydrogen-bond acceptors (Lipinski definition) is 7. The number of likely N-dealkylation sites (N-methyl/N-ethyl adjacent to an activating group) is 1. The monoisotopic (exact) mass is 367 g/mol. The van der Waals surface area contributed by atoms with Crippen molar-refractivity contribution in [3.05, 3.63) is 45.4 Å². The van der Waals surface area contributed by atoms with E-state index in [1.807, 2.05) is 31.0 Å². The van der Waals surface area contributed by atoms with Gasteiger partial charge in [-0.25, -0.2) is 9.78 Å². The number of carbonyl (C=O) groups is 1. The molecule has 27 heavy (non-hydrogen) atoms. The van der Waals surface area contributed by atoms with Crippen LogP contribution < -0.4 is 10.5 Å². The van der Waals surface area contributed by atoms with Crippen molar-refractivity contribution >= 4 is 23.5 Å². The molecule has 0 N–H and O–H groups in total. The van der Waals surface area contributed by atoms with Crippen LogP contribution in [0.1, 0.15) is 11.1 Å². The summed E-state index contributed by atoms with van der Waals surface area (Å²) in [7, 11) is 3.24. The van der Waals surface area contributed by atoms with E-state index in [2.05, 4.69) is 9.64 Å². The van der Waals surface area contributed by atoms with Crippen LogP contribution in [0, 0.1) is 18.3 Å². The van der Waals surface area contributed by atoms with Crippen LogP contribution in [0.5, 0.6) is 0 Å². The number of rotatable bonds is 3. The fraction of sp³-hybridized carbons (Fsp3) is 0.368. The summed E-state index contributed by atoms with van der Waals surface area (Å²) in [5, 5.41) is 9.30. The van der Waals surface area contributed by atoms with E-state index in [4.69, 9.17) is 4.98 Å². The molecule has 0 amide bonds. The highest BCUT2D eigenvalue weighted by atomic mass is 16.5. The number of ether oxygens (including phenoxy) is 1. The number of nitriles is 1. The molecule has 3 rings (SSSR count). The van der Waals surface area contributed by atoms with E-state index in [9.17, 15) is 14.9 Å². The largest absolute Gasteiger partial charge is 0.465 e. The quantitative estimate of drug-likeness (QED) is 0.451. The van der Waals surface area contributed by atoms with Gasteiger partial charge in [-0.2, -0.15) is 5.26 Å². The van der Waals surface area contributed by atoms with Gasteiger partial charge in [0.05, 0.1) is 12.7 Å². The Morgan fingerprint density at radius 1 is 1.33 bits per heavy atom. The molecule has 0 unspecified atom stereocenters. The van der Waals surface area contributed by atoms with Gasteiger partial charge in [-0.3, -0.25) is 9.20 Å². The Hall–Kier alpha value is -3.18. The maximum atomic E-state index is 13.2. The van der Waals surface area contributed by atoms with E-state index in [1.165, 1.54) is 17.6 Å². The van der Waals surface area contributed by atoms with Crippen molar-refractivity contribution in [1.82, 2.24) is 14.3 Å². The second-order valence-electron chi connectivity index (χ2n) is 6.49. The van der Waals surface area contributed by atoms with Crippen LogP contribution in [0.4, 0.5) is 5.82 Å². The summed E-state index contributed by atoms with van der Waals surface area (Å²) in [4.78, 5) is 33.9. The zero-order valence-corrected chi connectivity index (χ0v) is 15.6. The Labute approximate surface area is 156 Å². The Bertz CT molecular complexity index is 1010. The van der Waals surface area contributed by atoms with Gasteiger partial charge in [0.2, 0.25) is 0 Å². The number of fused-ring (bicyclic) bond motifs is 1. The molecule has 0 saturated carbocycles. The Balaban J connectivity index is 2.26. The number of carbonyl (C=O) groups excluding carboxylic acids is 1. The van der Waals surface area contributed by atoms with E-state index in [0.29, 0.717) is 24.6 Å². The first-order valence-corrected chi connectivity index (χ1v) is 8.62. The molecule has 0 radical (unpaired) electrons. The molecule has 1 saturated heterocycles. The average molecular weight is 367 g/mol. The summed E-state index contributed by atoms with van der Waals surface area (Å²) in [5.74, 6) is -0.297. The smallest absolute Gasteiger partial charge is 0.348 e. The van der Waals surface area contributed by atoms with Gasteiger partial charge < -0.3 is 14.5 Å². The van der Waals surface area contributed by atoms with E-state index in [0.717, 1.165) is 18.7 Å². The zero-order valence-electron chi connectivity index (χ0n) is 15.6. The summed E-state index contributed by atoms with van der Waals surface area (Å²) in [6.45, 7) is 4.96. The highest BCUT2D eigenvalue weighted by Gasteiger charge is 2.22. The van der Waals surface area contributed by atoms with Gasteiger partial charge in [-0.1, -0.05) is 6.07 Å². The van der Waals surface area contributed by atoms with Gasteiger partial charge in [0, 0.05) is 32.4 Å². The van der Waals surface area contributed by atoms with Crippen molar-refractivity contribution in [2.45, 2.75) is 6.92 Å². The van der Waals surface area contributed by atoms with Crippen molar-refractivity contribution in [2.24, 2.45) is 0 Å². The molecule has 0 atom stereocenters. The van der Waals surface area contributed by atoms with Crippen molar-refractivity contribution in [1.29, 1.82) is 5.26 Å². The van der Waals surface area contributed by atoms with Crippen LogP contribution in [-0.2, 0) is 9.53 Å². The number of nitrogens with zero attached hydrogens (tertiary/aromatic N) is 5. The number of hydrogen-bond donors (Lipinski definition) is 0. The Kier molecular flexibility index (Phi) is 5.23. The zero-order chi connectivity index (χ0) is 19.6. The highest BCUT2D eigenvalue weighted by Crippen LogP contribution is 2.21. The molecule has 2 aromatic rings. The summed E-state index contributed by atoms with van der Waals surface area (Å²) in [5.41, 5.74) is 1.08. The lowest BCUT2D eigenvalue weighted by Crippen LogP contribution is -2.45. The summed E-state index contributed by atoms with van der Waals surface area (Å²) in [6, 6.07) is 5.46. The van der Waals surface area contributed by atoms with Gasteiger partial charge in [-0.15, -0.1) is 0 Å². The molecule has 1 aliphatic rings. The van der Waals surface area contributed by atoms with E-state index < -0.39 is 5.97 Å². The summed E-state index contributed by atoms with van der Waals surface area (Å²) in [6.07, 6.45) is 2.91. The normalized spacial score (nSPS) is 15.6. The first-order valence-electron chi connectivity index (χ1n) is 8.62.